The van der Waals surface area contributed by atoms with Gasteiger partial charge in [0, 0.05) is 0 Å². The second-order valence-corrected chi connectivity index (χ2v) is 3.26. The smallest absolute Gasteiger partial charge is 0.271 e. The van der Waals surface area contributed by atoms with E-state index in [0.29, 0.717) is 0 Å². The van der Waals surface area contributed by atoms with Crippen molar-refractivity contribution in [1.29, 1.82) is 0 Å². The number of halogens is 1. The molecule has 1 unspecified atom stereocenters. The van der Waals surface area contributed by atoms with Crippen molar-refractivity contribution in [3.63, 3.8) is 0 Å². The van der Waals surface area contributed by atoms with E-state index in [-0.39, 0.29) is 17.4 Å². The van der Waals surface area contributed by atoms with Crippen LogP contribution in [-0.4, -0.2) is 39.8 Å². The molecule has 0 bridgehead atoms. The van der Waals surface area contributed by atoms with Gasteiger partial charge in [0.05, 0.1) is 6.54 Å². The summed E-state index contributed by atoms with van der Waals surface area (Å²) in [4.78, 5) is 21.8. The number of nitrogens with two attached hydrogens (primary N) is 1. The number of aliphatic hydroxyl groups is 1. The Labute approximate surface area is 95.6 Å². The Morgan fingerprint density at radius 2 is 2.19 bits per heavy atom. The van der Waals surface area contributed by atoms with Crippen molar-refractivity contribution in [3.05, 3.63) is 23.0 Å². The Kier molecular flexibility index (Phi) is 4.15. The zero-order chi connectivity index (χ0) is 12.1. The monoisotopic (exact) mass is 244 g/mol. The fourth-order valence-electron chi connectivity index (χ4n) is 0.818. The van der Waals surface area contributed by atoms with E-state index in [0.717, 1.165) is 0 Å². The second kappa shape index (κ2) is 5.38. The average molecular weight is 245 g/mol. The van der Waals surface area contributed by atoms with Gasteiger partial charge < -0.3 is 16.2 Å². The van der Waals surface area contributed by atoms with Gasteiger partial charge in [-0.3, -0.25) is 9.59 Å². The van der Waals surface area contributed by atoms with Crippen molar-refractivity contribution < 1.29 is 14.7 Å². The van der Waals surface area contributed by atoms with Gasteiger partial charge in [-0.2, -0.15) is 0 Å². The van der Waals surface area contributed by atoms with E-state index in [1.807, 2.05) is 0 Å². The van der Waals surface area contributed by atoms with Crippen LogP contribution in [0.25, 0.3) is 0 Å². The van der Waals surface area contributed by atoms with Crippen molar-refractivity contribution in [2.75, 3.05) is 6.54 Å². The summed E-state index contributed by atoms with van der Waals surface area (Å²) in [6.07, 6.45) is -1.43. The molecular formula is C8H9ClN4O3. The Morgan fingerprint density at radius 1 is 1.50 bits per heavy atom. The minimum absolute atomic E-state index is 0.0288. The van der Waals surface area contributed by atoms with Gasteiger partial charge in [-0.05, 0) is 12.1 Å². The van der Waals surface area contributed by atoms with Crippen LogP contribution in [0.2, 0.25) is 5.15 Å². The highest BCUT2D eigenvalue weighted by Gasteiger charge is 2.13. The predicted molar refractivity (Wildman–Crippen MR) is 54.6 cm³/mol. The Balaban J connectivity index is 2.53. The first-order valence-electron chi connectivity index (χ1n) is 4.25. The lowest BCUT2D eigenvalue weighted by Crippen LogP contribution is -2.40. The molecule has 1 aromatic heterocycles. The van der Waals surface area contributed by atoms with Crippen LogP contribution in [0.15, 0.2) is 12.1 Å². The summed E-state index contributed by atoms with van der Waals surface area (Å²) in [5.74, 6) is -1.49. The van der Waals surface area contributed by atoms with Gasteiger partial charge in [-0.15, -0.1) is 10.2 Å². The molecule has 0 fully saturated rings. The molecule has 0 saturated carbocycles. The summed E-state index contributed by atoms with van der Waals surface area (Å²) < 4.78 is 0. The number of carbonyl (C=O) groups excluding carboxylic acids is 2. The molecule has 0 radical (unpaired) electrons. The fraction of sp³-hybridized carbons (Fsp3) is 0.250. The van der Waals surface area contributed by atoms with Crippen molar-refractivity contribution in [3.8, 4) is 0 Å². The van der Waals surface area contributed by atoms with Crippen molar-refractivity contribution in [2.45, 2.75) is 6.10 Å². The molecule has 0 aromatic carbocycles. The molecule has 1 heterocycles. The number of nitrogens with zero attached hydrogens (tertiary/aromatic N) is 2. The van der Waals surface area contributed by atoms with Gasteiger partial charge in [0.15, 0.2) is 10.8 Å². The molecule has 0 aliphatic rings. The van der Waals surface area contributed by atoms with E-state index in [1.165, 1.54) is 12.1 Å². The second-order valence-electron chi connectivity index (χ2n) is 2.87. The number of nitrogens with one attached hydrogen (secondary N) is 1. The summed E-state index contributed by atoms with van der Waals surface area (Å²) in [5, 5.41) is 18.4. The summed E-state index contributed by atoms with van der Waals surface area (Å²) >= 11 is 5.48. The summed E-state index contributed by atoms with van der Waals surface area (Å²) in [5.41, 5.74) is 4.82. The van der Waals surface area contributed by atoms with Crippen LogP contribution >= 0.6 is 11.6 Å². The molecule has 7 nitrogen and oxygen atoms in total. The Hall–Kier alpha value is -1.73. The van der Waals surface area contributed by atoms with Crippen LogP contribution in [0, 0.1) is 0 Å². The molecule has 86 valence electrons. The number of hydrogen-bond acceptors (Lipinski definition) is 5. The minimum atomic E-state index is -1.43. The van der Waals surface area contributed by atoms with Gasteiger partial charge in [0.2, 0.25) is 5.91 Å². The maximum atomic E-state index is 11.4. The number of rotatable bonds is 4. The fourth-order valence-corrected chi connectivity index (χ4v) is 0.918. The van der Waals surface area contributed by atoms with Crippen LogP contribution < -0.4 is 11.1 Å². The van der Waals surface area contributed by atoms with Crippen LogP contribution in [0.1, 0.15) is 10.5 Å². The highest BCUT2D eigenvalue weighted by atomic mass is 35.5. The standard InChI is InChI=1S/C8H9ClN4O3/c9-6-2-1-4(12-13-6)8(16)11-3-5(14)7(10)15/h1-2,5,14H,3H2,(H2,10,15)(H,11,16). The first-order chi connectivity index (χ1) is 7.50. The molecule has 2 amide bonds. The van der Waals surface area contributed by atoms with E-state index >= 15 is 0 Å². The van der Waals surface area contributed by atoms with E-state index in [2.05, 4.69) is 15.5 Å². The number of aliphatic hydroxyl groups excluding tert-OH is 1. The van der Waals surface area contributed by atoms with E-state index < -0.39 is 17.9 Å². The third-order valence-electron chi connectivity index (χ3n) is 1.65. The van der Waals surface area contributed by atoms with Crippen molar-refractivity contribution in [2.24, 2.45) is 5.73 Å². The lowest BCUT2D eigenvalue weighted by Gasteiger charge is -2.07. The van der Waals surface area contributed by atoms with E-state index in [1.54, 1.807) is 0 Å². The van der Waals surface area contributed by atoms with E-state index in [4.69, 9.17) is 22.4 Å². The molecule has 1 rings (SSSR count). The zero-order valence-electron chi connectivity index (χ0n) is 8.05. The molecule has 4 N–H and O–H groups in total. The highest BCUT2D eigenvalue weighted by Crippen LogP contribution is 2.01. The first-order valence-corrected chi connectivity index (χ1v) is 4.63. The topological polar surface area (TPSA) is 118 Å². The largest absolute Gasteiger partial charge is 0.381 e. The average Bonchev–Trinajstić information content (AvgIpc) is 2.26. The number of aromatic nitrogens is 2. The number of primary amides is 1. The quantitative estimate of drug-likeness (QED) is 0.609. The zero-order valence-corrected chi connectivity index (χ0v) is 8.81. The normalized spacial score (nSPS) is 11.9. The van der Waals surface area contributed by atoms with Crippen molar-refractivity contribution in [1.82, 2.24) is 15.5 Å². The Morgan fingerprint density at radius 3 is 2.69 bits per heavy atom. The predicted octanol–water partition coefficient (Wildman–Crippen LogP) is -1.29. The first kappa shape index (κ1) is 12.3. The van der Waals surface area contributed by atoms with Gasteiger partial charge in [-0.1, -0.05) is 11.6 Å². The molecule has 16 heavy (non-hydrogen) atoms. The maximum absolute atomic E-state index is 11.4. The number of carbonyl (C=O) groups is 2. The molecule has 0 saturated heterocycles. The number of amides is 2. The van der Waals surface area contributed by atoms with Crippen LogP contribution in [0.4, 0.5) is 0 Å². The van der Waals surface area contributed by atoms with Crippen molar-refractivity contribution >= 4 is 23.4 Å². The number of hydrogen-bond donors (Lipinski definition) is 3. The third-order valence-corrected chi connectivity index (χ3v) is 1.85. The van der Waals surface area contributed by atoms with Crippen LogP contribution in [0.3, 0.4) is 0 Å². The Bertz CT molecular complexity index is 395. The van der Waals surface area contributed by atoms with Gasteiger partial charge >= 0.3 is 0 Å². The maximum Gasteiger partial charge on any atom is 0.271 e. The lowest BCUT2D eigenvalue weighted by atomic mass is 10.3. The molecule has 0 aliphatic heterocycles. The summed E-state index contributed by atoms with van der Waals surface area (Å²) in [6.45, 7) is -0.279. The van der Waals surface area contributed by atoms with Gasteiger partial charge in [-0.25, -0.2) is 0 Å². The molecule has 0 spiro atoms. The van der Waals surface area contributed by atoms with Crippen LogP contribution in [-0.2, 0) is 4.79 Å². The van der Waals surface area contributed by atoms with Gasteiger partial charge in [0.1, 0.15) is 6.10 Å². The van der Waals surface area contributed by atoms with Crippen LogP contribution in [0.5, 0.6) is 0 Å². The minimum Gasteiger partial charge on any atom is -0.381 e. The SMILES string of the molecule is NC(=O)C(O)CNC(=O)c1ccc(Cl)nn1. The molecule has 1 aromatic rings. The molecule has 8 heteroatoms. The molecule has 0 aliphatic carbocycles. The third kappa shape index (κ3) is 3.44. The highest BCUT2D eigenvalue weighted by molar-refractivity contribution is 6.29. The van der Waals surface area contributed by atoms with E-state index in [9.17, 15) is 9.59 Å². The summed E-state index contributed by atoms with van der Waals surface area (Å²) in [7, 11) is 0. The molecule has 1 atom stereocenters. The lowest BCUT2D eigenvalue weighted by molar-refractivity contribution is -0.125. The summed E-state index contributed by atoms with van der Waals surface area (Å²) in [6, 6.07) is 2.76. The molecular weight excluding hydrogens is 236 g/mol. The van der Waals surface area contributed by atoms with Gasteiger partial charge in [0.25, 0.3) is 5.91 Å².